The van der Waals surface area contributed by atoms with Crippen LogP contribution >= 0.6 is 11.6 Å². The molecular formula is C18H18ClNO3. The van der Waals surface area contributed by atoms with Crippen molar-refractivity contribution in [3.05, 3.63) is 64.4 Å². The van der Waals surface area contributed by atoms with Crippen molar-refractivity contribution >= 4 is 23.4 Å². The molecule has 1 aromatic heterocycles. The molecule has 4 nitrogen and oxygen atoms in total. The van der Waals surface area contributed by atoms with Gasteiger partial charge in [-0.3, -0.25) is 4.79 Å². The third-order valence-corrected chi connectivity index (χ3v) is 3.69. The highest BCUT2D eigenvalue weighted by molar-refractivity contribution is 6.32. The minimum Gasteiger partial charge on any atom is -0.454 e. The number of hydrogen-bond acceptors (Lipinski definition) is 4. The first-order valence-electron chi connectivity index (χ1n) is 7.20. The molecule has 0 spiro atoms. The summed E-state index contributed by atoms with van der Waals surface area (Å²) in [4.78, 5) is 27.8. The van der Waals surface area contributed by atoms with Crippen LogP contribution in [-0.4, -0.2) is 23.3 Å². The number of carbonyl (C=O) groups excluding carboxylic acids is 2. The molecule has 0 aliphatic carbocycles. The normalized spacial score (nSPS) is 11.1. The van der Waals surface area contributed by atoms with Gasteiger partial charge in [-0.05, 0) is 23.1 Å². The zero-order valence-electron chi connectivity index (χ0n) is 13.3. The number of benzene rings is 1. The lowest BCUT2D eigenvalue weighted by Gasteiger charge is -2.18. The van der Waals surface area contributed by atoms with Crippen molar-refractivity contribution in [2.24, 2.45) is 0 Å². The second kappa shape index (κ2) is 6.92. The number of aromatic nitrogens is 1. The number of carbonyl (C=O) groups is 2. The van der Waals surface area contributed by atoms with Crippen molar-refractivity contribution in [1.82, 2.24) is 4.98 Å². The van der Waals surface area contributed by atoms with Crippen LogP contribution in [0.1, 0.15) is 47.1 Å². The van der Waals surface area contributed by atoms with Crippen molar-refractivity contribution in [2.75, 3.05) is 6.61 Å². The van der Waals surface area contributed by atoms with Gasteiger partial charge in [0.15, 0.2) is 12.4 Å². The molecule has 0 unspecified atom stereocenters. The van der Waals surface area contributed by atoms with Gasteiger partial charge in [0.05, 0.1) is 5.56 Å². The van der Waals surface area contributed by atoms with Crippen LogP contribution in [0, 0.1) is 0 Å². The van der Waals surface area contributed by atoms with Gasteiger partial charge in [0.2, 0.25) is 0 Å². The molecule has 2 rings (SSSR count). The Bertz CT molecular complexity index is 718. The number of esters is 1. The van der Waals surface area contributed by atoms with Crippen LogP contribution in [0.5, 0.6) is 0 Å². The fourth-order valence-electron chi connectivity index (χ4n) is 1.99. The SMILES string of the molecule is CC(C)(C)c1ccc(C(=O)COC(=O)c2cccnc2Cl)cc1. The Morgan fingerprint density at radius 1 is 1.13 bits per heavy atom. The smallest absolute Gasteiger partial charge is 0.341 e. The van der Waals surface area contributed by atoms with Gasteiger partial charge in [-0.2, -0.15) is 0 Å². The predicted molar refractivity (Wildman–Crippen MR) is 89.0 cm³/mol. The summed E-state index contributed by atoms with van der Waals surface area (Å²) in [5.74, 6) is -0.929. The lowest BCUT2D eigenvalue weighted by molar-refractivity contribution is 0.0474. The first-order chi connectivity index (χ1) is 10.8. The van der Waals surface area contributed by atoms with E-state index < -0.39 is 5.97 Å². The minimum atomic E-state index is -0.664. The molecular weight excluding hydrogens is 314 g/mol. The summed E-state index contributed by atoms with van der Waals surface area (Å²) in [6.45, 7) is 5.97. The van der Waals surface area contributed by atoms with Crippen molar-refractivity contribution in [3.8, 4) is 0 Å². The average molecular weight is 332 g/mol. The van der Waals surface area contributed by atoms with E-state index in [0.29, 0.717) is 5.56 Å². The Kier molecular flexibility index (Phi) is 5.16. The molecule has 0 amide bonds. The lowest BCUT2D eigenvalue weighted by atomic mass is 9.86. The summed E-state index contributed by atoms with van der Waals surface area (Å²) >= 11 is 5.81. The third-order valence-electron chi connectivity index (χ3n) is 3.39. The number of nitrogens with zero attached hydrogens (tertiary/aromatic N) is 1. The van der Waals surface area contributed by atoms with Crippen LogP contribution in [-0.2, 0) is 10.2 Å². The van der Waals surface area contributed by atoms with Crippen LogP contribution in [0.4, 0.5) is 0 Å². The monoisotopic (exact) mass is 331 g/mol. The summed E-state index contributed by atoms with van der Waals surface area (Å²) in [6.07, 6.45) is 1.47. The van der Waals surface area contributed by atoms with Gasteiger partial charge in [-0.25, -0.2) is 9.78 Å². The topological polar surface area (TPSA) is 56.3 Å². The van der Waals surface area contributed by atoms with E-state index in [1.807, 2.05) is 12.1 Å². The van der Waals surface area contributed by atoms with Gasteiger partial charge in [-0.1, -0.05) is 56.6 Å². The number of halogens is 1. The first-order valence-corrected chi connectivity index (χ1v) is 7.58. The number of hydrogen-bond donors (Lipinski definition) is 0. The van der Waals surface area contributed by atoms with Crippen molar-refractivity contribution in [2.45, 2.75) is 26.2 Å². The van der Waals surface area contributed by atoms with E-state index in [0.717, 1.165) is 5.56 Å². The van der Waals surface area contributed by atoms with Gasteiger partial charge >= 0.3 is 5.97 Å². The molecule has 23 heavy (non-hydrogen) atoms. The predicted octanol–water partition coefficient (Wildman–Crippen LogP) is 4.07. The fourth-order valence-corrected chi connectivity index (χ4v) is 2.18. The molecule has 0 aliphatic rings. The molecule has 0 bridgehead atoms. The number of ether oxygens (including phenoxy) is 1. The molecule has 0 saturated carbocycles. The second-order valence-electron chi connectivity index (χ2n) is 6.17. The Hall–Kier alpha value is -2.20. The molecule has 120 valence electrons. The molecule has 0 radical (unpaired) electrons. The Morgan fingerprint density at radius 3 is 2.35 bits per heavy atom. The van der Waals surface area contributed by atoms with E-state index in [1.54, 1.807) is 18.2 Å². The summed E-state index contributed by atoms with van der Waals surface area (Å²) in [5, 5.41) is 0.0551. The number of ketones is 1. The van der Waals surface area contributed by atoms with Gasteiger partial charge in [0.25, 0.3) is 0 Å². The van der Waals surface area contributed by atoms with Crippen molar-refractivity contribution < 1.29 is 14.3 Å². The van der Waals surface area contributed by atoms with E-state index in [4.69, 9.17) is 16.3 Å². The summed E-state index contributed by atoms with van der Waals surface area (Å²) in [6, 6.07) is 10.4. The van der Waals surface area contributed by atoms with Crippen LogP contribution in [0.15, 0.2) is 42.6 Å². The molecule has 0 N–H and O–H groups in total. The highest BCUT2D eigenvalue weighted by Gasteiger charge is 2.17. The molecule has 0 saturated heterocycles. The molecule has 0 atom stereocenters. The van der Waals surface area contributed by atoms with E-state index in [1.165, 1.54) is 12.3 Å². The van der Waals surface area contributed by atoms with Gasteiger partial charge < -0.3 is 4.74 Å². The van der Waals surface area contributed by atoms with Gasteiger partial charge in [0.1, 0.15) is 5.15 Å². The number of pyridine rings is 1. The van der Waals surface area contributed by atoms with E-state index in [9.17, 15) is 9.59 Å². The van der Waals surface area contributed by atoms with Crippen LogP contribution in [0.25, 0.3) is 0 Å². The van der Waals surface area contributed by atoms with E-state index in [-0.39, 0.29) is 28.5 Å². The highest BCUT2D eigenvalue weighted by Crippen LogP contribution is 2.22. The summed E-state index contributed by atoms with van der Waals surface area (Å²) in [5.41, 5.74) is 1.80. The molecule has 1 aromatic carbocycles. The molecule has 5 heteroatoms. The molecule has 1 heterocycles. The van der Waals surface area contributed by atoms with Crippen molar-refractivity contribution in [3.63, 3.8) is 0 Å². The second-order valence-corrected chi connectivity index (χ2v) is 6.53. The quantitative estimate of drug-likeness (QED) is 0.481. The summed E-state index contributed by atoms with van der Waals surface area (Å²) in [7, 11) is 0. The van der Waals surface area contributed by atoms with E-state index in [2.05, 4.69) is 25.8 Å². The lowest BCUT2D eigenvalue weighted by Crippen LogP contribution is -2.15. The maximum absolute atomic E-state index is 12.1. The highest BCUT2D eigenvalue weighted by atomic mass is 35.5. The Balaban J connectivity index is 2.00. The Labute approximate surface area is 140 Å². The van der Waals surface area contributed by atoms with Crippen LogP contribution in [0.2, 0.25) is 5.15 Å². The minimum absolute atomic E-state index is 0.0190. The van der Waals surface area contributed by atoms with E-state index >= 15 is 0 Å². The number of Topliss-reactive ketones (excluding diaryl/α,β-unsaturated/α-hetero) is 1. The molecule has 2 aromatic rings. The molecule has 0 aliphatic heterocycles. The number of rotatable bonds is 4. The molecule has 0 fully saturated rings. The Morgan fingerprint density at radius 2 is 1.78 bits per heavy atom. The van der Waals surface area contributed by atoms with Gasteiger partial charge in [-0.15, -0.1) is 0 Å². The van der Waals surface area contributed by atoms with Gasteiger partial charge in [0, 0.05) is 11.8 Å². The maximum Gasteiger partial charge on any atom is 0.341 e. The largest absolute Gasteiger partial charge is 0.454 e. The average Bonchev–Trinajstić information content (AvgIpc) is 2.52. The maximum atomic E-state index is 12.1. The van der Waals surface area contributed by atoms with Crippen molar-refractivity contribution in [1.29, 1.82) is 0 Å². The summed E-state index contributed by atoms with van der Waals surface area (Å²) < 4.78 is 5.01. The first kappa shape index (κ1) is 17.2. The standard InChI is InChI=1S/C18H18ClNO3/c1-18(2,3)13-8-6-12(7-9-13)15(21)11-23-17(22)14-5-4-10-20-16(14)19/h4-10H,11H2,1-3H3. The zero-order valence-corrected chi connectivity index (χ0v) is 14.1. The van der Waals surface area contributed by atoms with Crippen LogP contribution < -0.4 is 0 Å². The fraction of sp³-hybridized carbons (Fsp3) is 0.278. The third kappa shape index (κ3) is 4.39. The zero-order chi connectivity index (χ0) is 17.0. The van der Waals surface area contributed by atoms with Crippen LogP contribution in [0.3, 0.4) is 0 Å².